The lowest BCUT2D eigenvalue weighted by Crippen LogP contribution is -2.46. The molecule has 2 amide bonds. The molecule has 2 N–H and O–H groups in total. The average molecular weight is 340 g/mol. The molecule has 0 spiro atoms. The van der Waals surface area contributed by atoms with Crippen LogP contribution in [-0.2, 0) is 19.1 Å². The molecule has 0 aliphatic carbocycles. The molecule has 0 aromatic heterocycles. The van der Waals surface area contributed by atoms with Gasteiger partial charge in [-0.25, -0.2) is 9.59 Å². The van der Waals surface area contributed by atoms with Crippen LogP contribution in [-0.4, -0.2) is 41.8 Å². The molecular weight excluding hydrogens is 312 g/mol. The van der Waals surface area contributed by atoms with Crippen LogP contribution in [0.1, 0.15) is 54.4 Å². The fourth-order valence-corrected chi connectivity index (χ4v) is 1.59. The summed E-state index contributed by atoms with van der Waals surface area (Å²) < 4.78 is 10.4. The van der Waals surface area contributed by atoms with Crippen LogP contribution in [0, 0.1) is 12.3 Å². The molecule has 0 radical (unpaired) electrons. The van der Waals surface area contributed by atoms with Crippen molar-refractivity contribution in [3.63, 3.8) is 0 Å². The molecular formula is C17H28N2O5. The van der Waals surface area contributed by atoms with E-state index in [1.54, 1.807) is 41.5 Å². The SMILES string of the molecule is C#CCNC(=O)CCC(NC(=O)OC(C)(C)C)C(=O)OC(C)(C)C. The molecule has 0 fully saturated rings. The van der Waals surface area contributed by atoms with Crippen LogP contribution >= 0.6 is 0 Å². The topological polar surface area (TPSA) is 93.7 Å². The third-order valence-corrected chi connectivity index (χ3v) is 2.43. The second kappa shape index (κ2) is 9.16. The van der Waals surface area contributed by atoms with Crippen LogP contribution in [0.4, 0.5) is 4.79 Å². The minimum atomic E-state index is -0.990. The molecule has 7 heteroatoms. The van der Waals surface area contributed by atoms with Crippen molar-refractivity contribution in [1.29, 1.82) is 0 Å². The second-order valence-corrected chi connectivity index (χ2v) is 7.25. The van der Waals surface area contributed by atoms with E-state index < -0.39 is 29.3 Å². The smallest absolute Gasteiger partial charge is 0.408 e. The number of hydrogen-bond donors (Lipinski definition) is 2. The lowest BCUT2D eigenvalue weighted by molar-refractivity contribution is -0.157. The van der Waals surface area contributed by atoms with Gasteiger partial charge in [0.05, 0.1) is 6.54 Å². The van der Waals surface area contributed by atoms with E-state index in [2.05, 4.69) is 16.6 Å². The maximum Gasteiger partial charge on any atom is 0.408 e. The highest BCUT2D eigenvalue weighted by Crippen LogP contribution is 2.12. The van der Waals surface area contributed by atoms with Gasteiger partial charge in [-0.3, -0.25) is 4.79 Å². The Morgan fingerprint density at radius 3 is 2.04 bits per heavy atom. The summed E-state index contributed by atoms with van der Waals surface area (Å²) >= 11 is 0. The Kier molecular flexibility index (Phi) is 8.31. The summed E-state index contributed by atoms with van der Waals surface area (Å²) in [4.78, 5) is 35.7. The molecule has 1 atom stereocenters. The number of ether oxygens (including phenoxy) is 2. The Morgan fingerprint density at radius 1 is 1.04 bits per heavy atom. The van der Waals surface area contributed by atoms with Gasteiger partial charge in [0.25, 0.3) is 0 Å². The molecule has 0 heterocycles. The highest BCUT2D eigenvalue weighted by molar-refractivity contribution is 5.83. The van der Waals surface area contributed by atoms with E-state index in [1.807, 2.05) is 0 Å². The van der Waals surface area contributed by atoms with Crippen molar-refractivity contribution in [3.05, 3.63) is 0 Å². The Hall–Kier alpha value is -2.23. The summed E-state index contributed by atoms with van der Waals surface area (Å²) in [5.74, 6) is 1.35. The number of hydrogen-bond acceptors (Lipinski definition) is 5. The van der Waals surface area contributed by atoms with Crippen LogP contribution in [0.3, 0.4) is 0 Å². The molecule has 0 saturated carbocycles. The number of esters is 1. The maximum atomic E-state index is 12.2. The zero-order valence-electron chi connectivity index (χ0n) is 15.3. The second-order valence-electron chi connectivity index (χ2n) is 7.25. The van der Waals surface area contributed by atoms with Crippen LogP contribution in [0.2, 0.25) is 0 Å². The van der Waals surface area contributed by atoms with Gasteiger partial charge in [-0.2, -0.15) is 0 Å². The van der Waals surface area contributed by atoms with Crippen molar-refractivity contribution in [2.24, 2.45) is 0 Å². The van der Waals surface area contributed by atoms with Crippen LogP contribution in [0.25, 0.3) is 0 Å². The van der Waals surface area contributed by atoms with Gasteiger partial charge in [-0.05, 0) is 48.0 Å². The molecule has 136 valence electrons. The summed E-state index contributed by atoms with van der Waals surface area (Å²) in [5, 5.41) is 4.95. The van der Waals surface area contributed by atoms with E-state index >= 15 is 0 Å². The molecule has 7 nitrogen and oxygen atoms in total. The Morgan fingerprint density at radius 2 is 1.58 bits per heavy atom. The van der Waals surface area contributed by atoms with E-state index in [4.69, 9.17) is 15.9 Å². The zero-order valence-corrected chi connectivity index (χ0v) is 15.3. The quantitative estimate of drug-likeness (QED) is 0.567. The van der Waals surface area contributed by atoms with Crippen molar-refractivity contribution >= 4 is 18.0 Å². The summed E-state index contributed by atoms with van der Waals surface area (Å²) in [6.45, 7) is 10.4. The standard InChI is InChI=1S/C17H28N2O5/c1-8-11-18-13(20)10-9-12(14(21)23-16(2,3)4)19-15(22)24-17(5,6)7/h1,12H,9-11H2,2-7H3,(H,18,20)(H,19,22). The fraction of sp³-hybridized carbons (Fsp3) is 0.706. The average Bonchev–Trinajstić information content (AvgIpc) is 2.36. The van der Waals surface area contributed by atoms with E-state index in [9.17, 15) is 14.4 Å². The van der Waals surface area contributed by atoms with Crippen LogP contribution < -0.4 is 10.6 Å². The van der Waals surface area contributed by atoms with E-state index in [1.165, 1.54) is 0 Å². The van der Waals surface area contributed by atoms with Gasteiger partial charge in [0.15, 0.2) is 0 Å². The number of carbonyl (C=O) groups excluding carboxylic acids is 3. The Bertz CT molecular complexity index is 495. The van der Waals surface area contributed by atoms with Gasteiger partial charge in [0.1, 0.15) is 17.2 Å². The molecule has 1 unspecified atom stereocenters. The predicted octanol–water partition coefficient (Wildman–Crippen LogP) is 1.75. The van der Waals surface area contributed by atoms with Gasteiger partial charge in [0, 0.05) is 6.42 Å². The highest BCUT2D eigenvalue weighted by Gasteiger charge is 2.29. The summed E-state index contributed by atoms with van der Waals surface area (Å²) in [5.41, 5.74) is -1.41. The summed E-state index contributed by atoms with van der Waals surface area (Å²) in [6, 6.07) is -0.990. The minimum absolute atomic E-state index is 0.0153. The fourth-order valence-electron chi connectivity index (χ4n) is 1.59. The van der Waals surface area contributed by atoms with Crippen molar-refractivity contribution in [2.45, 2.75) is 71.6 Å². The van der Waals surface area contributed by atoms with Crippen molar-refractivity contribution < 1.29 is 23.9 Å². The van der Waals surface area contributed by atoms with Gasteiger partial charge in [-0.1, -0.05) is 5.92 Å². The molecule has 0 aliphatic heterocycles. The molecule has 0 rings (SSSR count). The molecule has 24 heavy (non-hydrogen) atoms. The lowest BCUT2D eigenvalue weighted by atomic mass is 10.1. The monoisotopic (exact) mass is 340 g/mol. The number of nitrogens with one attached hydrogen (secondary N) is 2. The first kappa shape index (κ1) is 21.8. The largest absolute Gasteiger partial charge is 0.458 e. The highest BCUT2D eigenvalue weighted by atomic mass is 16.6. The predicted molar refractivity (Wildman–Crippen MR) is 90.1 cm³/mol. The summed E-state index contributed by atoms with van der Waals surface area (Å²) in [6.07, 6.45) is 4.40. The van der Waals surface area contributed by atoms with Gasteiger partial charge in [-0.15, -0.1) is 6.42 Å². The number of carbonyl (C=O) groups is 3. The number of rotatable bonds is 6. The number of amides is 2. The molecule has 0 aromatic carbocycles. The van der Waals surface area contributed by atoms with E-state index in [0.29, 0.717) is 0 Å². The molecule has 0 bridgehead atoms. The van der Waals surface area contributed by atoms with Crippen molar-refractivity contribution in [1.82, 2.24) is 10.6 Å². The Balaban J connectivity index is 4.83. The zero-order chi connectivity index (χ0) is 19.0. The van der Waals surface area contributed by atoms with Gasteiger partial charge in [0.2, 0.25) is 5.91 Å². The normalized spacial score (nSPS) is 12.5. The van der Waals surface area contributed by atoms with E-state index in [-0.39, 0.29) is 25.3 Å². The lowest BCUT2D eigenvalue weighted by Gasteiger charge is -2.26. The number of alkyl carbamates (subject to hydrolysis) is 1. The first-order chi connectivity index (χ1) is 10.8. The summed E-state index contributed by atoms with van der Waals surface area (Å²) in [7, 11) is 0. The molecule has 0 saturated heterocycles. The Labute approximate surface area is 143 Å². The maximum absolute atomic E-state index is 12.2. The van der Waals surface area contributed by atoms with Gasteiger partial charge >= 0.3 is 12.1 Å². The van der Waals surface area contributed by atoms with E-state index in [0.717, 1.165) is 0 Å². The van der Waals surface area contributed by atoms with Gasteiger partial charge < -0.3 is 20.1 Å². The first-order valence-corrected chi connectivity index (χ1v) is 7.76. The first-order valence-electron chi connectivity index (χ1n) is 7.76. The minimum Gasteiger partial charge on any atom is -0.458 e. The van der Waals surface area contributed by atoms with Crippen molar-refractivity contribution in [2.75, 3.05) is 6.54 Å². The third-order valence-electron chi connectivity index (χ3n) is 2.43. The van der Waals surface area contributed by atoms with Crippen LogP contribution in [0.5, 0.6) is 0 Å². The van der Waals surface area contributed by atoms with Crippen molar-refractivity contribution in [3.8, 4) is 12.3 Å². The third kappa shape index (κ3) is 11.4. The molecule has 0 aliphatic rings. The van der Waals surface area contributed by atoms with Crippen LogP contribution in [0.15, 0.2) is 0 Å². The number of terminal acetylenes is 1. The molecule has 0 aromatic rings.